The summed E-state index contributed by atoms with van der Waals surface area (Å²) in [5.74, 6) is 0. The maximum atomic E-state index is 2.45. The zero-order valence-electron chi connectivity index (χ0n) is 39.7. The normalized spacial score (nSPS) is 12.6. The van der Waals surface area contributed by atoms with Gasteiger partial charge in [0.15, 0.2) is 0 Å². The van der Waals surface area contributed by atoms with Crippen LogP contribution < -0.4 is 4.90 Å². The van der Waals surface area contributed by atoms with Crippen LogP contribution in [0, 0.1) is 0 Å². The molecule has 14 rings (SSSR count). The first-order valence-electron chi connectivity index (χ1n) is 25.1. The molecule has 1 heterocycles. The quantitative estimate of drug-likeness (QED) is 0.138. The summed E-state index contributed by atoms with van der Waals surface area (Å²) in [6, 6.07) is 91.9. The number of aromatic nitrogens is 1. The van der Waals surface area contributed by atoms with Gasteiger partial charge in [-0.2, -0.15) is 0 Å². The average molecular weight is 917 g/mol. The van der Waals surface area contributed by atoms with E-state index in [-0.39, 0.29) is 0 Å². The van der Waals surface area contributed by atoms with Crippen molar-refractivity contribution in [3.8, 4) is 44.5 Å². The van der Waals surface area contributed by atoms with Crippen molar-refractivity contribution in [1.29, 1.82) is 0 Å². The van der Waals surface area contributed by atoms with Gasteiger partial charge < -0.3 is 9.47 Å². The summed E-state index contributed by atoms with van der Waals surface area (Å²) in [4.78, 5) is 2.44. The van der Waals surface area contributed by atoms with Gasteiger partial charge in [0, 0.05) is 33.4 Å². The van der Waals surface area contributed by atoms with Gasteiger partial charge in [-0.05, 0) is 162 Å². The van der Waals surface area contributed by atoms with Gasteiger partial charge in [0.25, 0.3) is 0 Å². The van der Waals surface area contributed by atoms with Crippen molar-refractivity contribution in [2.45, 2.75) is 12.8 Å². The number of hydrogen-bond acceptors (Lipinski definition) is 1. The van der Waals surface area contributed by atoms with Crippen LogP contribution in [0.25, 0.3) is 115 Å². The lowest BCUT2D eigenvalue weighted by atomic mass is 9.92. The molecule has 2 nitrogen and oxygen atoms in total. The van der Waals surface area contributed by atoms with Crippen LogP contribution in [0.3, 0.4) is 0 Å². The highest BCUT2D eigenvalue weighted by Gasteiger charge is 2.21. The zero-order chi connectivity index (χ0) is 47.5. The maximum Gasteiger partial charge on any atom is 0.0547 e. The molecule has 0 bridgehead atoms. The molecule has 1 aromatic heterocycles. The van der Waals surface area contributed by atoms with E-state index in [0.29, 0.717) is 0 Å². The van der Waals surface area contributed by atoms with Gasteiger partial charge in [-0.25, -0.2) is 0 Å². The third-order valence-corrected chi connectivity index (χ3v) is 15.0. The lowest BCUT2D eigenvalue weighted by Crippen LogP contribution is -2.11. The van der Waals surface area contributed by atoms with Gasteiger partial charge in [-0.1, -0.05) is 200 Å². The molecule has 0 saturated carbocycles. The fourth-order valence-corrected chi connectivity index (χ4v) is 11.7. The van der Waals surface area contributed by atoms with Crippen molar-refractivity contribution in [1.82, 2.24) is 4.57 Å². The average Bonchev–Trinajstić information content (AvgIpc) is 3.80. The Hall–Kier alpha value is -9.24. The van der Waals surface area contributed by atoms with Crippen LogP contribution in [-0.2, 0) is 0 Å². The van der Waals surface area contributed by atoms with E-state index in [0.717, 1.165) is 41.0 Å². The molecule has 2 heteroatoms. The van der Waals surface area contributed by atoms with Crippen molar-refractivity contribution in [3.05, 3.63) is 267 Å². The largest absolute Gasteiger partial charge is 0.310 e. The van der Waals surface area contributed by atoms with E-state index >= 15 is 0 Å². The van der Waals surface area contributed by atoms with E-state index in [1.54, 1.807) is 0 Å². The Morgan fingerprint density at radius 3 is 1.42 bits per heavy atom. The van der Waals surface area contributed by atoms with Crippen LogP contribution >= 0.6 is 0 Å². The Balaban J connectivity index is 0.920. The number of para-hydroxylation sites is 2. The van der Waals surface area contributed by atoms with Crippen LogP contribution in [0.2, 0.25) is 0 Å². The Morgan fingerprint density at radius 2 is 0.806 bits per heavy atom. The molecule has 13 aromatic rings. The Morgan fingerprint density at radius 1 is 0.319 bits per heavy atom. The van der Waals surface area contributed by atoms with Gasteiger partial charge in [0.05, 0.1) is 16.7 Å². The smallest absolute Gasteiger partial charge is 0.0547 e. The van der Waals surface area contributed by atoms with Gasteiger partial charge in [0.1, 0.15) is 0 Å². The van der Waals surface area contributed by atoms with Crippen molar-refractivity contribution >= 4 is 87.7 Å². The molecular weight excluding hydrogens is 869 g/mol. The molecule has 0 fully saturated rings. The van der Waals surface area contributed by atoms with E-state index in [1.165, 1.54) is 104 Å². The van der Waals surface area contributed by atoms with Crippen LogP contribution in [-0.4, -0.2) is 4.57 Å². The Bertz CT molecular complexity index is 4160. The van der Waals surface area contributed by atoms with E-state index in [1.807, 2.05) is 0 Å². The van der Waals surface area contributed by atoms with Gasteiger partial charge in [-0.3, -0.25) is 0 Å². The molecule has 1 aliphatic rings. The zero-order valence-corrected chi connectivity index (χ0v) is 39.7. The van der Waals surface area contributed by atoms with Gasteiger partial charge in [-0.15, -0.1) is 0 Å². The molecule has 0 spiro atoms. The second-order valence-electron chi connectivity index (χ2n) is 19.1. The minimum absolute atomic E-state index is 1.05. The second-order valence-corrected chi connectivity index (χ2v) is 19.1. The van der Waals surface area contributed by atoms with Crippen LogP contribution in [0.4, 0.5) is 17.1 Å². The molecule has 12 aromatic carbocycles. The van der Waals surface area contributed by atoms with E-state index in [4.69, 9.17) is 0 Å². The molecule has 0 atom stereocenters. The predicted molar refractivity (Wildman–Crippen MR) is 309 cm³/mol. The van der Waals surface area contributed by atoms with Crippen molar-refractivity contribution in [3.63, 3.8) is 0 Å². The summed E-state index contributed by atoms with van der Waals surface area (Å²) >= 11 is 0. The Labute approximate surface area is 419 Å². The Kier molecular flexibility index (Phi) is 10.0. The molecule has 0 N–H and O–H groups in total. The van der Waals surface area contributed by atoms with Crippen LogP contribution in [0.5, 0.6) is 0 Å². The maximum absolute atomic E-state index is 2.45. The summed E-state index contributed by atoms with van der Waals surface area (Å²) in [6.07, 6.45) is 9.09. The molecule has 72 heavy (non-hydrogen) atoms. The van der Waals surface area contributed by atoms with Crippen molar-refractivity contribution in [2.24, 2.45) is 0 Å². The summed E-state index contributed by atoms with van der Waals surface area (Å²) in [6.45, 7) is 0. The number of hydrogen-bond donors (Lipinski definition) is 0. The van der Waals surface area contributed by atoms with Gasteiger partial charge >= 0.3 is 0 Å². The second kappa shape index (κ2) is 17.3. The molecule has 0 unspecified atom stereocenters. The molecule has 338 valence electrons. The van der Waals surface area contributed by atoms with Crippen LogP contribution in [0.15, 0.2) is 267 Å². The molecule has 0 saturated heterocycles. The number of anilines is 3. The summed E-state index contributed by atoms with van der Waals surface area (Å²) < 4.78 is 2.45. The first-order valence-corrected chi connectivity index (χ1v) is 25.1. The van der Waals surface area contributed by atoms with Crippen molar-refractivity contribution in [2.75, 3.05) is 4.90 Å². The lowest BCUT2D eigenvalue weighted by molar-refractivity contribution is 1.02. The van der Waals surface area contributed by atoms with E-state index in [2.05, 4.69) is 276 Å². The summed E-state index contributed by atoms with van der Waals surface area (Å²) in [7, 11) is 0. The topological polar surface area (TPSA) is 8.17 Å². The molecule has 0 radical (unpaired) electrons. The number of fused-ring (bicyclic) bond motifs is 9. The molecule has 0 aliphatic heterocycles. The first kappa shape index (κ1) is 41.7. The third-order valence-electron chi connectivity index (χ3n) is 15.0. The number of benzene rings is 12. The number of rotatable bonds is 8. The minimum atomic E-state index is 1.05. The highest BCUT2D eigenvalue weighted by molar-refractivity contribution is 6.18. The highest BCUT2D eigenvalue weighted by Crippen LogP contribution is 2.46. The number of allylic oxidation sites excluding steroid dienone is 4. The molecular formula is C70H48N2. The van der Waals surface area contributed by atoms with E-state index < -0.39 is 0 Å². The molecule has 1 aliphatic carbocycles. The lowest BCUT2D eigenvalue weighted by Gasteiger charge is -2.28. The summed E-state index contributed by atoms with van der Waals surface area (Å²) in [5.41, 5.74) is 16.5. The summed E-state index contributed by atoms with van der Waals surface area (Å²) in [5, 5.41) is 12.6. The monoisotopic (exact) mass is 916 g/mol. The third kappa shape index (κ3) is 6.94. The first-order chi connectivity index (χ1) is 35.7. The SMILES string of the molecule is C1=CC(n2c3ccccc3c3c(-c4cccc(-c5ccccc5N(c5ccc(-c6cc7ccccc7c7ccccc67)cc5)c5ccc(-c6cc7ccccc7c7ccccc67)cc5)c4)cccc32)=CCC1. The predicted octanol–water partition coefficient (Wildman–Crippen LogP) is 19.7. The highest BCUT2D eigenvalue weighted by atomic mass is 15.1. The van der Waals surface area contributed by atoms with Gasteiger partial charge in [0.2, 0.25) is 0 Å². The van der Waals surface area contributed by atoms with Crippen LogP contribution in [0.1, 0.15) is 12.8 Å². The minimum Gasteiger partial charge on any atom is -0.310 e. The van der Waals surface area contributed by atoms with Crippen molar-refractivity contribution < 1.29 is 0 Å². The standard InChI is InChI=1S/C70H48N2/c1-2-22-53(23-3-1)72-68-34-15-13-31-64(68)70-59(32-17-35-69(70)72)50-21-16-20-49(44-50)58-26-12-14-33-67(58)71(54-40-36-47(37-41-54)65-45-51-18-4-6-24-56(51)60-27-8-10-29-62(60)65)55-42-38-48(39-43-55)66-46-52-19-5-7-25-57(52)61-28-9-11-30-63(61)66/h2,4-46H,1,3H2. The fraction of sp³-hybridized carbons (Fsp3) is 0.0286. The van der Waals surface area contributed by atoms with E-state index in [9.17, 15) is 0 Å². The molecule has 0 amide bonds. The number of nitrogens with zero attached hydrogens (tertiary/aromatic N) is 2. The fourth-order valence-electron chi connectivity index (χ4n) is 11.7.